The maximum absolute atomic E-state index is 5.76. The Morgan fingerprint density at radius 1 is 1.05 bits per heavy atom. The first-order chi connectivity index (χ1) is 9.26. The predicted octanol–water partition coefficient (Wildman–Crippen LogP) is 4.14. The number of ether oxygens (including phenoxy) is 1. The standard InChI is InChI=1S/C17H29NO/c1-4-6-15(3)13-19-14-17-9-7-16(8-10-17)12-18-11-5-2/h7-10,15,18H,4-6,11-14H2,1-3H3. The van der Waals surface area contributed by atoms with Crippen molar-refractivity contribution < 1.29 is 4.74 Å². The van der Waals surface area contributed by atoms with Crippen LogP contribution < -0.4 is 5.32 Å². The van der Waals surface area contributed by atoms with Crippen molar-refractivity contribution in [1.29, 1.82) is 0 Å². The van der Waals surface area contributed by atoms with Gasteiger partial charge in [0.05, 0.1) is 6.61 Å². The molecule has 0 amide bonds. The third-order valence-corrected chi connectivity index (χ3v) is 3.23. The summed E-state index contributed by atoms with van der Waals surface area (Å²) in [4.78, 5) is 0. The number of hydrogen-bond donors (Lipinski definition) is 1. The predicted molar refractivity (Wildman–Crippen MR) is 82.2 cm³/mol. The highest BCUT2D eigenvalue weighted by atomic mass is 16.5. The topological polar surface area (TPSA) is 21.3 Å². The molecule has 108 valence electrons. The number of hydrogen-bond acceptors (Lipinski definition) is 2. The molecule has 0 saturated carbocycles. The molecule has 2 heteroatoms. The van der Waals surface area contributed by atoms with Crippen LogP contribution in [0.1, 0.15) is 51.2 Å². The van der Waals surface area contributed by atoms with E-state index in [-0.39, 0.29) is 0 Å². The van der Waals surface area contributed by atoms with Gasteiger partial charge >= 0.3 is 0 Å². The minimum absolute atomic E-state index is 0.669. The molecule has 1 N–H and O–H groups in total. The molecule has 0 aliphatic rings. The van der Waals surface area contributed by atoms with Crippen molar-refractivity contribution in [3.05, 3.63) is 35.4 Å². The summed E-state index contributed by atoms with van der Waals surface area (Å²) in [5, 5.41) is 3.41. The molecule has 1 aromatic rings. The van der Waals surface area contributed by atoms with Crippen molar-refractivity contribution in [2.75, 3.05) is 13.2 Å². The SMILES string of the molecule is CCCNCc1ccc(COCC(C)CCC)cc1. The van der Waals surface area contributed by atoms with Crippen molar-refractivity contribution in [2.45, 2.75) is 53.2 Å². The fourth-order valence-corrected chi connectivity index (χ4v) is 2.12. The third kappa shape index (κ3) is 7.34. The van der Waals surface area contributed by atoms with Gasteiger partial charge < -0.3 is 10.1 Å². The summed E-state index contributed by atoms with van der Waals surface area (Å²) in [5.41, 5.74) is 2.61. The van der Waals surface area contributed by atoms with E-state index < -0.39 is 0 Å². The molecular formula is C17H29NO. The second kappa shape index (κ2) is 9.99. The lowest BCUT2D eigenvalue weighted by molar-refractivity contribution is 0.0893. The Morgan fingerprint density at radius 3 is 2.37 bits per heavy atom. The molecule has 1 unspecified atom stereocenters. The fourth-order valence-electron chi connectivity index (χ4n) is 2.12. The molecule has 19 heavy (non-hydrogen) atoms. The van der Waals surface area contributed by atoms with E-state index in [1.165, 1.54) is 30.4 Å². The van der Waals surface area contributed by atoms with Crippen molar-refractivity contribution in [1.82, 2.24) is 5.32 Å². The Kier molecular flexibility index (Phi) is 8.52. The van der Waals surface area contributed by atoms with Crippen LogP contribution in [0.15, 0.2) is 24.3 Å². The van der Waals surface area contributed by atoms with Gasteiger partial charge in [-0.25, -0.2) is 0 Å². The largest absolute Gasteiger partial charge is 0.376 e. The van der Waals surface area contributed by atoms with E-state index in [0.29, 0.717) is 5.92 Å². The molecule has 1 aromatic carbocycles. The summed E-state index contributed by atoms with van der Waals surface area (Å²) in [6, 6.07) is 8.73. The first-order valence-corrected chi connectivity index (χ1v) is 7.62. The highest BCUT2D eigenvalue weighted by Gasteiger charge is 2.01. The van der Waals surface area contributed by atoms with Gasteiger partial charge in [0.15, 0.2) is 0 Å². The van der Waals surface area contributed by atoms with Crippen LogP contribution in [0.25, 0.3) is 0 Å². The average Bonchev–Trinajstić information content (AvgIpc) is 2.41. The van der Waals surface area contributed by atoms with Crippen molar-refractivity contribution >= 4 is 0 Å². The minimum atomic E-state index is 0.669. The van der Waals surface area contributed by atoms with E-state index in [1.54, 1.807) is 0 Å². The Morgan fingerprint density at radius 2 is 1.74 bits per heavy atom. The first kappa shape index (κ1) is 16.2. The Balaban J connectivity index is 2.24. The fraction of sp³-hybridized carbons (Fsp3) is 0.647. The van der Waals surface area contributed by atoms with E-state index in [4.69, 9.17) is 4.74 Å². The van der Waals surface area contributed by atoms with Crippen LogP contribution in [-0.2, 0) is 17.9 Å². The lowest BCUT2D eigenvalue weighted by Gasteiger charge is -2.11. The van der Waals surface area contributed by atoms with E-state index in [1.807, 2.05) is 0 Å². The first-order valence-electron chi connectivity index (χ1n) is 7.62. The lowest BCUT2D eigenvalue weighted by atomic mass is 10.1. The average molecular weight is 263 g/mol. The quantitative estimate of drug-likeness (QED) is 0.641. The second-order valence-corrected chi connectivity index (χ2v) is 5.40. The van der Waals surface area contributed by atoms with Crippen LogP contribution in [-0.4, -0.2) is 13.2 Å². The molecule has 0 aromatic heterocycles. The van der Waals surface area contributed by atoms with Crippen LogP contribution in [0.5, 0.6) is 0 Å². The number of benzene rings is 1. The van der Waals surface area contributed by atoms with Gasteiger partial charge in [-0.3, -0.25) is 0 Å². The highest BCUT2D eigenvalue weighted by Crippen LogP contribution is 2.09. The zero-order chi connectivity index (χ0) is 13.9. The van der Waals surface area contributed by atoms with Gasteiger partial charge in [-0.2, -0.15) is 0 Å². The molecule has 0 heterocycles. The van der Waals surface area contributed by atoms with Crippen LogP contribution in [0.3, 0.4) is 0 Å². The molecule has 1 atom stereocenters. The van der Waals surface area contributed by atoms with Gasteiger partial charge in [0.2, 0.25) is 0 Å². The van der Waals surface area contributed by atoms with Crippen molar-refractivity contribution in [3.63, 3.8) is 0 Å². The van der Waals surface area contributed by atoms with Crippen LogP contribution in [0.4, 0.5) is 0 Å². The van der Waals surface area contributed by atoms with E-state index in [9.17, 15) is 0 Å². The summed E-state index contributed by atoms with van der Waals surface area (Å²) < 4.78 is 5.76. The van der Waals surface area contributed by atoms with Gasteiger partial charge in [-0.1, -0.05) is 51.5 Å². The van der Waals surface area contributed by atoms with Gasteiger partial charge in [-0.05, 0) is 36.4 Å². The normalized spacial score (nSPS) is 12.6. The van der Waals surface area contributed by atoms with Crippen LogP contribution >= 0.6 is 0 Å². The zero-order valence-electron chi connectivity index (χ0n) is 12.7. The van der Waals surface area contributed by atoms with Gasteiger partial charge in [-0.15, -0.1) is 0 Å². The van der Waals surface area contributed by atoms with E-state index in [2.05, 4.69) is 50.4 Å². The molecular weight excluding hydrogens is 234 g/mol. The van der Waals surface area contributed by atoms with Gasteiger partial charge in [0.25, 0.3) is 0 Å². The van der Waals surface area contributed by atoms with Gasteiger partial charge in [0.1, 0.15) is 0 Å². The van der Waals surface area contributed by atoms with Gasteiger partial charge in [0, 0.05) is 13.2 Å². The molecule has 0 bridgehead atoms. The van der Waals surface area contributed by atoms with E-state index >= 15 is 0 Å². The monoisotopic (exact) mass is 263 g/mol. The Labute approximate surface area is 118 Å². The molecule has 0 aliphatic heterocycles. The van der Waals surface area contributed by atoms with Crippen molar-refractivity contribution in [2.24, 2.45) is 5.92 Å². The van der Waals surface area contributed by atoms with Crippen LogP contribution in [0, 0.1) is 5.92 Å². The molecule has 0 radical (unpaired) electrons. The summed E-state index contributed by atoms with van der Waals surface area (Å²) in [7, 11) is 0. The molecule has 0 aliphatic carbocycles. The van der Waals surface area contributed by atoms with E-state index in [0.717, 1.165) is 26.3 Å². The molecule has 0 fully saturated rings. The number of nitrogens with one attached hydrogen (secondary N) is 1. The summed E-state index contributed by atoms with van der Waals surface area (Å²) >= 11 is 0. The molecule has 0 spiro atoms. The maximum Gasteiger partial charge on any atom is 0.0717 e. The zero-order valence-corrected chi connectivity index (χ0v) is 12.7. The molecule has 1 rings (SSSR count). The summed E-state index contributed by atoms with van der Waals surface area (Å²) in [5.74, 6) is 0.669. The summed E-state index contributed by atoms with van der Waals surface area (Å²) in [6.07, 6.45) is 3.67. The third-order valence-electron chi connectivity index (χ3n) is 3.23. The second-order valence-electron chi connectivity index (χ2n) is 5.40. The lowest BCUT2D eigenvalue weighted by Crippen LogP contribution is -2.13. The van der Waals surface area contributed by atoms with Crippen LogP contribution in [0.2, 0.25) is 0 Å². The molecule has 2 nitrogen and oxygen atoms in total. The molecule has 0 saturated heterocycles. The Hall–Kier alpha value is -0.860. The highest BCUT2D eigenvalue weighted by molar-refractivity contribution is 5.21. The maximum atomic E-state index is 5.76. The van der Waals surface area contributed by atoms with Crippen molar-refractivity contribution in [3.8, 4) is 0 Å². The number of rotatable bonds is 10. The summed E-state index contributed by atoms with van der Waals surface area (Å²) in [6.45, 7) is 10.3. The smallest absolute Gasteiger partial charge is 0.0717 e. The Bertz CT molecular complexity index is 321. The minimum Gasteiger partial charge on any atom is -0.376 e.